The van der Waals surface area contributed by atoms with Gasteiger partial charge in [-0.15, -0.1) is 0 Å². The first kappa shape index (κ1) is 19.1. The zero-order valence-electron chi connectivity index (χ0n) is 17.5. The van der Waals surface area contributed by atoms with Crippen LogP contribution in [0, 0.1) is 13.8 Å². The molecule has 1 aliphatic rings. The first-order valence-electron chi connectivity index (χ1n) is 10.1. The van der Waals surface area contributed by atoms with Gasteiger partial charge in [-0.3, -0.25) is 14.5 Å². The minimum absolute atomic E-state index is 0.102. The number of anilines is 1. The Kier molecular flexibility index (Phi) is 4.40. The number of para-hydroxylation sites is 1. The molecule has 0 saturated heterocycles. The molecule has 3 aromatic carbocycles. The topological polar surface area (TPSA) is 59.8 Å². The molecule has 0 spiro atoms. The Bertz CT molecular complexity index is 1370. The number of benzene rings is 3. The van der Waals surface area contributed by atoms with E-state index in [0.29, 0.717) is 28.0 Å². The zero-order chi connectivity index (χ0) is 21.7. The maximum absolute atomic E-state index is 13.6. The van der Waals surface area contributed by atoms with Gasteiger partial charge < -0.3 is 9.15 Å². The molecule has 154 valence electrons. The van der Waals surface area contributed by atoms with Crippen molar-refractivity contribution in [1.29, 1.82) is 0 Å². The molecule has 0 fully saturated rings. The van der Waals surface area contributed by atoms with E-state index in [1.54, 1.807) is 12.0 Å². The molecule has 0 N–H and O–H groups in total. The monoisotopic (exact) mass is 411 g/mol. The third-order valence-corrected chi connectivity index (χ3v) is 5.95. The minimum Gasteiger partial charge on any atom is -0.497 e. The summed E-state index contributed by atoms with van der Waals surface area (Å²) in [6.07, 6.45) is 0. The van der Waals surface area contributed by atoms with Gasteiger partial charge in [-0.2, -0.15) is 0 Å². The largest absolute Gasteiger partial charge is 0.497 e. The van der Waals surface area contributed by atoms with Gasteiger partial charge in [0.05, 0.1) is 24.1 Å². The first-order valence-corrected chi connectivity index (χ1v) is 10.1. The number of aryl methyl sites for hydroxylation is 2. The Balaban J connectivity index is 1.81. The van der Waals surface area contributed by atoms with Crippen molar-refractivity contribution in [2.24, 2.45) is 0 Å². The van der Waals surface area contributed by atoms with E-state index in [1.165, 1.54) is 0 Å². The van der Waals surface area contributed by atoms with Gasteiger partial charge in [0.15, 0.2) is 5.43 Å². The average molecular weight is 411 g/mol. The van der Waals surface area contributed by atoms with Crippen LogP contribution in [-0.2, 0) is 0 Å². The smallest absolute Gasteiger partial charge is 0.295 e. The zero-order valence-corrected chi connectivity index (χ0v) is 17.5. The van der Waals surface area contributed by atoms with Crippen LogP contribution in [0.5, 0.6) is 5.75 Å². The second-order valence-corrected chi connectivity index (χ2v) is 7.79. The Morgan fingerprint density at radius 2 is 1.58 bits per heavy atom. The maximum atomic E-state index is 13.6. The van der Waals surface area contributed by atoms with Crippen molar-refractivity contribution in [3.63, 3.8) is 0 Å². The molecule has 0 radical (unpaired) electrons. The number of fused-ring (bicyclic) bond motifs is 2. The highest BCUT2D eigenvalue weighted by Crippen LogP contribution is 2.41. The number of methoxy groups -OCH3 is 1. The van der Waals surface area contributed by atoms with Crippen LogP contribution >= 0.6 is 0 Å². The lowest BCUT2D eigenvalue weighted by molar-refractivity contribution is 0.0971. The van der Waals surface area contributed by atoms with Crippen molar-refractivity contribution in [3.8, 4) is 5.75 Å². The molecule has 1 atom stereocenters. The van der Waals surface area contributed by atoms with Gasteiger partial charge in [0.1, 0.15) is 11.3 Å². The SMILES string of the molecule is COc1ccc(C2c3c(oc4cc(C)c(C)cc4c3=O)C(=O)N2c2ccccc2)cc1. The number of nitrogens with zero attached hydrogens (tertiary/aromatic N) is 1. The number of hydrogen-bond donors (Lipinski definition) is 0. The molecule has 1 aliphatic heterocycles. The molecular formula is C26H21NO4. The van der Waals surface area contributed by atoms with E-state index < -0.39 is 6.04 Å². The molecule has 5 nitrogen and oxygen atoms in total. The van der Waals surface area contributed by atoms with Gasteiger partial charge >= 0.3 is 0 Å². The number of carbonyl (C=O) groups excluding carboxylic acids is 1. The highest BCUT2D eigenvalue weighted by molar-refractivity contribution is 6.10. The van der Waals surface area contributed by atoms with E-state index >= 15 is 0 Å². The van der Waals surface area contributed by atoms with Crippen LogP contribution in [-0.4, -0.2) is 13.0 Å². The summed E-state index contributed by atoms with van der Waals surface area (Å²) in [5.41, 5.74) is 4.16. The summed E-state index contributed by atoms with van der Waals surface area (Å²) in [4.78, 5) is 28.8. The predicted octanol–water partition coefficient (Wildman–Crippen LogP) is 5.17. The lowest BCUT2D eigenvalue weighted by Crippen LogP contribution is -2.29. The van der Waals surface area contributed by atoms with E-state index in [0.717, 1.165) is 16.7 Å². The number of carbonyl (C=O) groups is 1. The molecular weight excluding hydrogens is 390 g/mol. The molecule has 1 amide bonds. The highest BCUT2D eigenvalue weighted by atomic mass is 16.5. The molecule has 0 bridgehead atoms. The number of ether oxygens (including phenoxy) is 1. The third-order valence-electron chi connectivity index (χ3n) is 5.95. The van der Waals surface area contributed by atoms with Crippen LogP contribution in [0.15, 0.2) is 75.9 Å². The fourth-order valence-corrected chi connectivity index (χ4v) is 4.18. The number of amides is 1. The van der Waals surface area contributed by atoms with Gasteiger partial charge in [0.25, 0.3) is 5.91 Å². The second-order valence-electron chi connectivity index (χ2n) is 7.79. The summed E-state index contributed by atoms with van der Waals surface area (Å²) in [6, 6.07) is 19.9. The van der Waals surface area contributed by atoms with Crippen molar-refractivity contribution in [2.75, 3.05) is 12.0 Å². The molecule has 0 aliphatic carbocycles. The molecule has 31 heavy (non-hydrogen) atoms. The molecule has 1 unspecified atom stereocenters. The summed E-state index contributed by atoms with van der Waals surface area (Å²) in [5, 5.41) is 0.489. The third kappa shape index (κ3) is 2.93. The van der Waals surface area contributed by atoms with Crippen LogP contribution in [0.3, 0.4) is 0 Å². The average Bonchev–Trinajstić information content (AvgIpc) is 3.08. The minimum atomic E-state index is -0.585. The molecule has 0 saturated carbocycles. The summed E-state index contributed by atoms with van der Waals surface area (Å²) in [5.74, 6) is 0.487. The van der Waals surface area contributed by atoms with Crippen LogP contribution in [0.25, 0.3) is 11.0 Å². The van der Waals surface area contributed by atoms with E-state index in [-0.39, 0.29) is 17.1 Å². The normalized spacial score (nSPS) is 15.4. The molecule has 5 heteroatoms. The van der Waals surface area contributed by atoms with E-state index in [9.17, 15) is 9.59 Å². The fraction of sp³-hybridized carbons (Fsp3) is 0.154. The van der Waals surface area contributed by atoms with Gasteiger partial charge in [-0.05, 0) is 66.9 Å². The summed E-state index contributed by atoms with van der Waals surface area (Å²) >= 11 is 0. The van der Waals surface area contributed by atoms with Crippen LogP contribution < -0.4 is 15.1 Å². The summed E-state index contributed by atoms with van der Waals surface area (Å²) < 4.78 is 11.3. The van der Waals surface area contributed by atoms with E-state index in [4.69, 9.17) is 9.15 Å². The van der Waals surface area contributed by atoms with Crippen molar-refractivity contribution in [2.45, 2.75) is 19.9 Å². The Morgan fingerprint density at radius 1 is 0.903 bits per heavy atom. The quantitative estimate of drug-likeness (QED) is 0.467. The van der Waals surface area contributed by atoms with Crippen LogP contribution in [0.2, 0.25) is 0 Å². The first-order chi connectivity index (χ1) is 15.0. The molecule has 5 rings (SSSR count). The van der Waals surface area contributed by atoms with E-state index in [1.807, 2.05) is 80.6 Å². The Labute approximate surface area is 179 Å². The summed E-state index contributed by atoms with van der Waals surface area (Å²) in [7, 11) is 1.60. The maximum Gasteiger partial charge on any atom is 0.295 e. The van der Waals surface area contributed by atoms with E-state index in [2.05, 4.69) is 0 Å². The van der Waals surface area contributed by atoms with Gasteiger partial charge in [0, 0.05) is 5.69 Å². The molecule has 2 heterocycles. The second kappa shape index (κ2) is 7.13. The predicted molar refractivity (Wildman–Crippen MR) is 120 cm³/mol. The lowest BCUT2D eigenvalue weighted by Gasteiger charge is -2.25. The van der Waals surface area contributed by atoms with Crippen molar-refractivity contribution < 1.29 is 13.9 Å². The molecule has 1 aromatic heterocycles. The van der Waals surface area contributed by atoms with Gasteiger partial charge in [0.2, 0.25) is 5.76 Å². The van der Waals surface area contributed by atoms with Crippen LogP contribution in [0.4, 0.5) is 5.69 Å². The van der Waals surface area contributed by atoms with Crippen molar-refractivity contribution in [1.82, 2.24) is 0 Å². The van der Waals surface area contributed by atoms with Crippen molar-refractivity contribution in [3.05, 3.63) is 105 Å². The standard InChI is InChI=1S/C26H21NO4/c1-15-13-20-21(14-16(15)2)31-25-22(24(20)28)23(17-9-11-19(30-3)12-10-17)27(26(25)29)18-7-5-4-6-8-18/h4-14,23H,1-3H3. The number of rotatable bonds is 3. The van der Waals surface area contributed by atoms with Crippen molar-refractivity contribution >= 4 is 22.6 Å². The molecule has 4 aromatic rings. The Morgan fingerprint density at radius 3 is 2.26 bits per heavy atom. The number of hydrogen-bond acceptors (Lipinski definition) is 4. The highest BCUT2D eigenvalue weighted by Gasteiger charge is 2.43. The fourth-order valence-electron chi connectivity index (χ4n) is 4.18. The van der Waals surface area contributed by atoms with Gasteiger partial charge in [-0.25, -0.2) is 0 Å². The Hall–Kier alpha value is -3.86. The summed E-state index contributed by atoms with van der Waals surface area (Å²) in [6.45, 7) is 3.92. The van der Waals surface area contributed by atoms with Crippen LogP contribution in [0.1, 0.15) is 38.9 Å². The van der Waals surface area contributed by atoms with Gasteiger partial charge in [-0.1, -0.05) is 30.3 Å². The lowest BCUT2D eigenvalue weighted by atomic mass is 9.97.